The summed E-state index contributed by atoms with van der Waals surface area (Å²) in [6.45, 7) is 5.63. The zero-order chi connectivity index (χ0) is 30.3. The number of carboxylic acid groups (broad SMARTS) is 1. The van der Waals surface area contributed by atoms with Crippen LogP contribution in [0.15, 0.2) is 48.5 Å². The van der Waals surface area contributed by atoms with Crippen molar-refractivity contribution in [2.24, 2.45) is 5.92 Å². The summed E-state index contributed by atoms with van der Waals surface area (Å²) < 4.78 is 24.0. The van der Waals surface area contributed by atoms with E-state index in [-0.39, 0.29) is 6.54 Å². The predicted octanol–water partition coefficient (Wildman–Crippen LogP) is 4.92. The molecule has 2 aliphatic rings. The number of rotatable bonds is 12. The molecule has 1 unspecified atom stereocenters. The van der Waals surface area contributed by atoms with E-state index < -0.39 is 18.6 Å². The fraction of sp³-hybridized carbons (Fsp3) is 0.424. The molecule has 0 saturated carbocycles. The van der Waals surface area contributed by atoms with Crippen LogP contribution < -0.4 is 24.3 Å². The minimum Gasteiger partial charge on any atom is -0.493 e. The average molecular weight is 611 g/mol. The fourth-order valence-corrected chi connectivity index (χ4v) is 5.80. The van der Waals surface area contributed by atoms with Crippen molar-refractivity contribution in [2.45, 2.75) is 39.0 Å². The number of ether oxygens (including phenoxy) is 4. The standard InChI is InChI=1S/C33H39ClN2O7/c1-21-24(6-3-7-26(21)23-8-9-29-32(14-23)41-12-11-40-29)20-43-31-15-30(42-19-22-5-4-10-36(2)17-22)25(13-27(31)34)16-35-28(18-37)33(38)39/h3,6-9,13-15,22,28,35,37H,4-5,10-12,16-20H2,1-2H3,(H,38,39)/t22?,28-/m0/s1. The van der Waals surface area contributed by atoms with Gasteiger partial charge in [0.2, 0.25) is 0 Å². The summed E-state index contributed by atoms with van der Waals surface area (Å²) >= 11 is 6.68. The monoisotopic (exact) mass is 610 g/mol. The number of nitrogens with zero attached hydrogens (tertiary/aromatic N) is 1. The Hall–Kier alpha value is -3.50. The zero-order valence-electron chi connectivity index (χ0n) is 24.6. The number of carboxylic acids is 1. The van der Waals surface area contributed by atoms with Gasteiger partial charge in [0, 0.05) is 30.6 Å². The highest BCUT2D eigenvalue weighted by Gasteiger charge is 2.21. The van der Waals surface area contributed by atoms with Crippen molar-refractivity contribution < 1.29 is 34.0 Å². The van der Waals surface area contributed by atoms with Crippen LogP contribution in [0.3, 0.4) is 0 Å². The van der Waals surface area contributed by atoms with Gasteiger partial charge in [0.05, 0.1) is 18.2 Å². The van der Waals surface area contributed by atoms with Gasteiger partial charge < -0.3 is 34.1 Å². The van der Waals surface area contributed by atoms with Crippen molar-refractivity contribution in [1.29, 1.82) is 0 Å². The Morgan fingerprint density at radius 1 is 1.09 bits per heavy atom. The summed E-state index contributed by atoms with van der Waals surface area (Å²) in [7, 11) is 2.11. The van der Waals surface area contributed by atoms with Crippen LogP contribution in [0.4, 0.5) is 0 Å². The normalized spacial score (nSPS) is 17.3. The summed E-state index contributed by atoms with van der Waals surface area (Å²) in [5.41, 5.74) is 4.89. The number of halogens is 1. The van der Waals surface area contributed by atoms with Crippen LogP contribution in [0.1, 0.15) is 29.5 Å². The summed E-state index contributed by atoms with van der Waals surface area (Å²) in [4.78, 5) is 13.7. The number of likely N-dealkylation sites (tertiary alicyclic amines) is 1. The third kappa shape index (κ3) is 7.72. The Morgan fingerprint density at radius 3 is 2.67 bits per heavy atom. The molecule has 43 heavy (non-hydrogen) atoms. The Kier molecular flexibility index (Phi) is 10.3. The van der Waals surface area contributed by atoms with Gasteiger partial charge in [0.1, 0.15) is 37.4 Å². The number of carbonyl (C=O) groups is 1. The molecular weight excluding hydrogens is 572 g/mol. The van der Waals surface area contributed by atoms with E-state index >= 15 is 0 Å². The van der Waals surface area contributed by atoms with Crippen molar-refractivity contribution in [3.8, 4) is 34.1 Å². The largest absolute Gasteiger partial charge is 0.493 e. The van der Waals surface area contributed by atoms with Crippen LogP contribution in [0, 0.1) is 12.8 Å². The summed E-state index contributed by atoms with van der Waals surface area (Å²) in [6, 6.07) is 14.5. The molecule has 0 amide bonds. The number of aliphatic carboxylic acids is 1. The first-order valence-electron chi connectivity index (χ1n) is 14.6. The smallest absolute Gasteiger partial charge is 0.323 e. The number of fused-ring (bicyclic) bond motifs is 1. The SMILES string of the molecule is Cc1c(COc2cc(OCC3CCCN(C)C3)c(CN[C@@H](CO)C(=O)O)cc2Cl)cccc1-c1ccc2c(c1)OCCO2. The molecule has 9 nitrogen and oxygen atoms in total. The first-order valence-corrected chi connectivity index (χ1v) is 15.0. The molecule has 1 saturated heterocycles. The molecule has 3 aromatic rings. The van der Waals surface area contributed by atoms with E-state index in [2.05, 4.69) is 30.3 Å². The molecular formula is C33H39ClN2O7. The first kappa shape index (κ1) is 30.9. The van der Waals surface area contributed by atoms with Crippen molar-refractivity contribution in [3.05, 3.63) is 70.2 Å². The molecule has 10 heteroatoms. The lowest BCUT2D eigenvalue weighted by Crippen LogP contribution is -2.39. The number of hydrogen-bond donors (Lipinski definition) is 3. The topological polar surface area (TPSA) is 110 Å². The van der Waals surface area contributed by atoms with E-state index in [1.807, 2.05) is 30.3 Å². The summed E-state index contributed by atoms with van der Waals surface area (Å²) in [5, 5.41) is 22.1. The molecule has 2 atom stereocenters. The molecule has 2 heterocycles. The average Bonchev–Trinajstić information content (AvgIpc) is 3.00. The quantitative estimate of drug-likeness (QED) is 0.263. The van der Waals surface area contributed by atoms with Crippen LogP contribution in [-0.2, 0) is 17.9 Å². The van der Waals surface area contributed by atoms with E-state index in [9.17, 15) is 15.0 Å². The maximum absolute atomic E-state index is 11.4. The third-order valence-corrected chi connectivity index (χ3v) is 8.31. The zero-order valence-corrected chi connectivity index (χ0v) is 25.4. The molecule has 0 spiro atoms. The van der Waals surface area contributed by atoms with Crippen LogP contribution in [-0.4, -0.2) is 73.7 Å². The number of aliphatic hydroxyl groups excluding tert-OH is 1. The molecule has 230 valence electrons. The van der Waals surface area contributed by atoms with E-state index in [1.54, 1.807) is 12.1 Å². The van der Waals surface area contributed by atoms with Crippen molar-refractivity contribution in [3.63, 3.8) is 0 Å². The van der Waals surface area contributed by atoms with Gasteiger partial charge in [-0.2, -0.15) is 0 Å². The van der Waals surface area contributed by atoms with Crippen molar-refractivity contribution in [2.75, 3.05) is 46.6 Å². The van der Waals surface area contributed by atoms with Gasteiger partial charge in [0.25, 0.3) is 0 Å². The molecule has 0 aromatic heterocycles. The first-order chi connectivity index (χ1) is 20.8. The van der Waals surface area contributed by atoms with Crippen molar-refractivity contribution >= 4 is 17.6 Å². The van der Waals surface area contributed by atoms with Crippen LogP contribution in [0.2, 0.25) is 5.02 Å². The second-order valence-electron chi connectivity index (χ2n) is 11.2. The van der Waals surface area contributed by atoms with Gasteiger partial charge in [-0.15, -0.1) is 0 Å². The number of nitrogens with one attached hydrogen (secondary N) is 1. The van der Waals surface area contributed by atoms with E-state index in [0.29, 0.717) is 54.4 Å². The maximum atomic E-state index is 11.4. The van der Waals surface area contributed by atoms with Crippen LogP contribution >= 0.6 is 11.6 Å². The molecule has 0 radical (unpaired) electrons. The second-order valence-corrected chi connectivity index (χ2v) is 11.6. The van der Waals surface area contributed by atoms with Gasteiger partial charge in [0.15, 0.2) is 11.5 Å². The number of benzene rings is 3. The van der Waals surface area contributed by atoms with Crippen LogP contribution in [0.5, 0.6) is 23.0 Å². The lowest BCUT2D eigenvalue weighted by atomic mass is 9.96. The Balaban J connectivity index is 1.34. The maximum Gasteiger partial charge on any atom is 0.323 e. The second kappa shape index (κ2) is 14.3. The highest BCUT2D eigenvalue weighted by Crippen LogP contribution is 2.37. The molecule has 2 aliphatic heterocycles. The Bertz CT molecular complexity index is 1430. The van der Waals surface area contributed by atoms with Crippen LogP contribution in [0.25, 0.3) is 11.1 Å². The van der Waals surface area contributed by atoms with Gasteiger partial charge in [-0.05, 0) is 73.8 Å². The molecule has 3 aromatic carbocycles. The molecule has 1 fully saturated rings. The van der Waals surface area contributed by atoms with Gasteiger partial charge >= 0.3 is 5.97 Å². The highest BCUT2D eigenvalue weighted by atomic mass is 35.5. The summed E-state index contributed by atoms with van der Waals surface area (Å²) in [6.07, 6.45) is 2.20. The van der Waals surface area contributed by atoms with Crippen molar-refractivity contribution in [1.82, 2.24) is 10.2 Å². The number of aliphatic hydroxyl groups is 1. The molecule has 0 bridgehead atoms. The Labute approximate surface area is 257 Å². The predicted molar refractivity (Wildman–Crippen MR) is 164 cm³/mol. The Morgan fingerprint density at radius 2 is 1.91 bits per heavy atom. The van der Waals surface area contributed by atoms with E-state index in [4.69, 9.17) is 30.5 Å². The lowest BCUT2D eigenvalue weighted by Gasteiger charge is -2.29. The number of piperidine rings is 1. The van der Waals surface area contributed by atoms with Gasteiger partial charge in [-0.25, -0.2) is 0 Å². The fourth-order valence-electron chi connectivity index (χ4n) is 5.56. The van der Waals surface area contributed by atoms with E-state index in [1.165, 1.54) is 0 Å². The third-order valence-electron chi connectivity index (χ3n) is 8.01. The van der Waals surface area contributed by atoms with E-state index in [0.717, 1.165) is 59.7 Å². The molecule has 0 aliphatic carbocycles. The minimum absolute atomic E-state index is 0.161. The lowest BCUT2D eigenvalue weighted by molar-refractivity contribution is -0.140. The summed E-state index contributed by atoms with van der Waals surface area (Å²) in [5.74, 6) is 1.80. The number of hydrogen-bond acceptors (Lipinski definition) is 8. The molecule has 5 rings (SSSR count). The minimum atomic E-state index is -1.13. The van der Waals surface area contributed by atoms with Gasteiger partial charge in [-0.1, -0.05) is 35.9 Å². The molecule has 3 N–H and O–H groups in total. The van der Waals surface area contributed by atoms with Gasteiger partial charge in [-0.3, -0.25) is 10.1 Å². The highest BCUT2D eigenvalue weighted by molar-refractivity contribution is 6.32.